The minimum atomic E-state index is -0.0340. The molecule has 0 spiro atoms. The number of hydrogen-bond acceptors (Lipinski definition) is 2. The Morgan fingerprint density at radius 2 is 1.03 bits per heavy atom. The molecule has 2 nitrogen and oxygen atoms in total. The summed E-state index contributed by atoms with van der Waals surface area (Å²) in [5.74, 6) is 0. The zero-order valence-electron chi connectivity index (χ0n) is 20.1. The molecule has 0 bridgehead atoms. The van der Waals surface area contributed by atoms with Crippen LogP contribution in [0.1, 0.15) is 25.0 Å². The summed E-state index contributed by atoms with van der Waals surface area (Å²) in [6.07, 6.45) is 0. The van der Waals surface area contributed by atoms with E-state index in [0.29, 0.717) is 0 Å². The van der Waals surface area contributed by atoms with E-state index in [0.717, 1.165) is 22.7 Å². The molecule has 0 heterocycles. The molecule has 2 heteroatoms. The second-order valence-corrected chi connectivity index (χ2v) is 9.61. The highest BCUT2D eigenvalue weighted by Gasteiger charge is 2.35. The highest BCUT2D eigenvalue weighted by Crippen LogP contribution is 2.50. The molecule has 1 aliphatic rings. The Kier molecular flexibility index (Phi) is 5.15. The van der Waals surface area contributed by atoms with Crippen molar-refractivity contribution in [3.8, 4) is 11.1 Å². The molecule has 35 heavy (non-hydrogen) atoms. The fraction of sp³-hybridized carbons (Fsp3) is 0.0909. The Morgan fingerprint density at radius 3 is 1.77 bits per heavy atom. The Labute approximate surface area is 207 Å². The van der Waals surface area contributed by atoms with Crippen LogP contribution in [0.15, 0.2) is 127 Å². The van der Waals surface area contributed by atoms with E-state index in [2.05, 4.69) is 133 Å². The monoisotopic (exact) mass is 452 g/mol. The fourth-order valence-corrected chi connectivity index (χ4v) is 5.24. The number of hydrogen-bond donors (Lipinski definition) is 1. The molecule has 0 saturated carbocycles. The number of nitrogens with one attached hydrogen (secondary N) is 1. The van der Waals surface area contributed by atoms with Crippen LogP contribution in [0.5, 0.6) is 0 Å². The van der Waals surface area contributed by atoms with E-state index >= 15 is 0 Å². The molecular weight excluding hydrogens is 424 g/mol. The number of nitrogens with zero attached hydrogens (tertiary/aromatic N) is 1. The summed E-state index contributed by atoms with van der Waals surface area (Å²) >= 11 is 0. The van der Waals surface area contributed by atoms with Gasteiger partial charge in [-0.2, -0.15) is 0 Å². The Hall–Kier alpha value is -4.30. The van der Waals surface area contributed by atoms with E-state index in [4.69, 9.17) is 0 Å². The quantitative estimate of drug-likeness (QED) is 0.286. The smallest absolute Gasteiger partial charge is 0.0465 e. The van der Waals surface area contributed by atoms with E-state index in [9.17, 15) is 0 Å². The summed E-state index contributed by atoms with van der Waals surface area (Å²) in [4.78, 5) is 2.34. The Bertz CT molecular complexity index is 1470. The van der Waals surface area contributed by atoms with Crippen LogP contribution in [0.2, 0.25) is 0 Å². The van der Waals surface area contributed by atoms with Crippen LogP contribution in [-0.2, 0) is 5.41 Å². The topological polar surface area (TPSA) is 15.3 Å². The largest absolute Gasteiger partial charge is 0.356 e. The van der Waals surface area contributed by atoms with Gasteiger partial charge in [0.15, 0.2) is 0 Å². The molecule has 0 unspecified atom stereocenters. The van der Waals surface area contributed by atoms with Gasteiger partial charge in [0, 0.05) is 33.9 Å². The maximum absolute atomic E-state index is 3.49. The molecule has 0 saturated heterocycles. The van der Waals surface area contributed by atoms with Crippen molar-refractivity contribution in [3.05, 3.63) is 139 Å². The van der Waals surface area contributed by atoms with Crippen molar-refractivity contribution in [3.63, 3.8) is 0 Å². The van der Waals surface area contributed by atoms with Crippen LogP contribution in [0.3, 0.4) is 0 Å². The average molecular weight is 453 g/mol. The third-order valence-electron chi connectivity index (χ3n) is 7.03. The van der Waals surface area contributed by atoms with Crippen LogP contribution in [0.25, 0.3) is 11.1 Å². The summed E-state index contributed by atoms with van der Waals surface area (Å²) in [5, 5.41) is 3.49. The zero-order chi connectivity index (χ0) is 23.8. The highest BCUT2D eigenvalue weighted by molar-refractivity contribution is 5.85. The van der Waals surface area contributed by atoms with E-state index in [1.54, 1.807) is 0 Å². The van der Waals surface area contributed by atoms with Crippen LogP contribution in [-0.4, -0.2) is 0 Å². The predicted molar refractivity (Wildman–Crippen MR) is 148 cm³/mol. The number of rotatable bonds is 5. The second-order valence-electron chi connectivity index (χ2n) is 9.61. The molecule has 1 N–H and O–H groups in total. The Balaban J connectivity index is 1.41. The van der Waals surface area contributed by atoms with Gasteiger partial charge in [0.05, 0.1) is 0 Å². The first-order chi connectivity index (χ1) is 17.1. The fourth-order valence-electron chi connectivity index (χ4n) is 5.24. The number of para-hydroxylation sites is 2. The van der Waals surface area contributed by atoms with Gasteiger partial charge in [-0.1, -0.05) is 80.6 Å². The normalized spacial score (nSPS) is 13.1. The highest BCUT2D eigenvalue weighted by atomic mass is 15.1. The van der Waals surface area contributed by atoms with Crippen LogP contribution in [0.4, 0.5) is 28.4 Å². The number of benzene rings is 5. The van der Waals surface area contributed by atoms with Gasteiger partial charge < -0.3 is 10.2 Å². The molecule has 0 radical (unpaired) electrons. The molecular formula is C33H28N2. The SMILES string of the molecule is CC1(C)c2ccccc2-c2ccc(N(c3ccccc3)c3ccc(Nc4ccccc4)cc3)cc21. The predicted octanol–water partition coefficient (Wildman–Crippen LogP) is 9.21. The third-order valence-corrected chi connectivity index (χ3v) is 7.03. The third kappa shape index (κ3) is 3.77. The van der Waals surface area contributed by atoms with Gasteiger partial charge in [-0.3, -0.25) is 0 Å². The molecule has 6 rings (SSSR count). The van der Waals surface area contributed by atoms with Crippen molar-refractivity contribution in [2.24, 2.45) is 0 Å². The lowest BCUT2D eigenvalue weighted by Crippen LogP contribution is -2.16. The minimum absolute atomic E-state index is 0.0340. The average Bonchev–Trinajstić information content (AvgIpc) is 3.13. The standard InChI is InChI=1S/C33H28N2/c1-33(2)31-16-10-9-15-29(31)30-22-21-28(23-32(30)33)35(26-13-7-4-8-14-26)27-19-17-25(18-20-27)34-24-11-5-3-6-12-24/h3-23,34H,1-2H3. The molecule has 0 amide bonds. The van der Waals surface area contributed by atoms with E-state index in [1.165, 1.54) is 27.9 Å². The number of fused-ring (bicyclic) bond motifs is 3. The van der Waals surface area contributed by atoms with Gasteiger partial charge in [-0.05, 0) is 82.9 Å². The van der Waals surface area contributed by atoms with Crippen molar-refractivity contribution < 1.29 is 0 Å². The molecule has 0 aromatic heterocycles. The second kappa shape index (κ2) is 8.48. The molecule has 0 aliphatic heterocycles. The lowest BCUT2D eigenvalue weighted by molar-refractivity contribution is 0.660. The van der Waals surface area contributed by atoms with E-state index in [1.807, 2.05) is 18.2 Å². The van der Waals surface area contributed by atoms with Crippen LogP contribution >= 0.6 is 0 Å². The van der Waals surface area contributed by atoms with Gasteiger partial charge in [0.1, 0.15) is 0 Å². The summed E-state index contributed by atoms with van der Waals surface area (Å²) in [7, 11) is 0. The lowest BCUT2D eigenvalue weighted by Gasteiger charge is -2.28. The van der Waals surface area contributed by atoms with Crippen molar-refractivity contribution in [1.29, 1.82) is 0 Å². The van der Waals surface area contributed by atoms with Crippen molar-refractivity contribution in [2.45, 2.75) is 19.3 Å². The van der Waals surface area contributed by atoms with Gasteiger partial charge in [-0.25, -0.2) is 0 Å². The summed E-state index contributed by atoms with van der Waals surface area (Å²) in [6.45, 7) is 4.66. The first kappa shape index (κ1) is 21.2. The van der Waals surface area contributed by atoms with Crippen molar-refractivity contribution in [1.82, 2.24) is 0 Å². The molecule has 1 aliphatic carbocycles. The summed E-state index contributed by atoms with van der Waals surface area (Å²) in [5.41, 5.74) is 11.0. The summed E-state index contributed by atoms with van der Waals surface area (Å²) in [6, 6.07) is 45.2. The summed E-state index contributed by atoms with van der Waals surface area (Å²) < 4.78 is 0. The van der Waals surface area contributed by atoms with Crippen molar-refractivity contribution >= 4 is 28.4 Å². The van der Waals surface area contributed by atoms with Crippen molar-refractivity contribution in [2.75, 3.05) is 10.2 Å². The molecule has 0 fully saturated rings. The van der Waals surface area contributed by atoms with E-state index in [-0.39, 0.29) is 5.41 Å². The van der Waals surface area contributed by atoms with Gasteiger partial charge in [0.2, 0.25) is 0 Å². The maximum Gasteiger partial charge on any atom is 0.0465 e. The molecule has 5 aromatic carbocycles. The van der Waals surface area contributed by atoms with Crippen LogP contribution in [0, 0.1) is 0 Å². The van der Waals surface area contributed by atoms with Gasteiger partial charge in [-0.15, -0.1) is 0 Å². The number of anilines is 5. The lowest BCUT2D eigenvalue weighted by atomic mass is 9.82. The first-order valence-corrected chi connectivity index (χ1v) is 12.1. The van der Waals surface area contributed by atoms with Gasteiger partial charge >= 0.3 is 0 Å². The zero-order valence-corrected chi connectivity index (χ0v) is 20.1. The Morgan fingerprint density at radius 1 is 0.486 bits per heavy atom. The van der Waals surface area contributed by atoms with E-state index < -0.39 is 0 Å². The van der Waals surface area contributed by atoms with Crippen LogP contribution < -0.4 is 10.2 Å². The first-order valence-electron chi connectivity index (χ1n) is 12.1. The minimum Gasteiger partial charge on any atom is -0.356 e. The molecule has 170 valence electrons. The maximum atomic E-state index is 3.49. The van der Waals surface area contributed by atoms with Gasteiger partial charge in [0.25, 0.3) is 0 Å². The molecule has 5 aromatic rings. The molecule has 0 atom stereocenters.